The first-order chi connectivity index (χ1) is 12.5. The maximum atomic E-state index is 13.1. The summed E-state index contributed by atoms with van der Waals surface area (Å²) in [4.78, 5) is 24.3. The zero-order chi connectivity index (χ0) is 18.6. The minimum atomic E-state index is -0.743. The third kappa shape index (κ3) is 4.02. The second kappa shape index (κ2) is 7.56. The first kappa shape index (κ1) is 17.9. The van der Waals surface area contributed by atoms with Gasteiger partial charge in [-0.15, -0.1) is 0 Å². The molecule has 6 heteroatoms. The summed E-state index contributed by atoms with van der Waals surface area (Å²) in [5.41, 5.74) is 1.22. The summed E-state index contributed by atoms with van der Waals surface area (Å²) in [6, 6.07) is 13.2. The number of benzene rings is 2. The van der Waals surface area contributed by atoms with Crippen LogP contribution in [0.5, 0.6) is 5.75 Å². The fraction of sp³-hybridized carbons (Fsp3) is 0.300. The summed E-state index contributed by atoms with van der Waals surface area (Å²) in [6.07, 6.45) is 1.79. The van der Waals surface area contributed by atoms with E-state index >= 15 is 0 Å². The van der Waals surface area contributed by atoms with Gasteiger partial charge < -0.3 is 15.4 Å². The maximum Gasteiger partial charge on any atom is 0.313 e. The highest BCUT2D eigenvalue weighted by atomic mass is 19.1. The lowest BCUT2D eigenvalue weighted by molar-refractivity contribution is -0.136. The lowest BCUT2D eigenvalue weighted by Crippen LogP contribution is -2.39. The summed E-state index contributed by atoms with van der Waals surface area (Å²) in [6.45, 7) is 2.65. The Balaban J connectivity index is 1.58. The molecule has 136 valence electrons. The minimum absolute atomic E-state index is 0.202. The summed E-state index contributed by atoms with van der Waals surface area (Å²) < 4.78 is 18.5. The Labute approximate surface area is 151 Å². The molecular weight excluding hydrogens is 335 g/mol. The van der Waals surface area contributed by atoms with Gasteiger partial charge in [-0.3, -0.25) is 9.59 Å². The summed E-state index contributed by atoms with van der Waals surface area (Å²) in [5.74, 6) is -1.22. The molecule has 1 saturated carbocycles. The van der Waals surface area contributed by atoms with Gasteiger partial charge in [0, 0.05) is 12.0 Å². The molecule has 1 aliphatic carbocycles. The molecule has 0 aliphatic heterocycles. The molecule has 1 fully saturated rings. The van der Waals surface area contributed by atoms with Gasteiger partial charge >= 0.3 is 11.8 Å². The predicted octanol–water partition coefficient (Wildman–Crippen LogP) is 3.01. The van der Waals surface area contributed by atoms with E-state index in [1.807, 2.05) is 6.92 Å². The molecule has 26 heavy (non-hydrogen) atoms. The Bertz CT molecular complexity index is 801. The topological polar surface area (TPSA) is 67.4 Å². The van der Waals surface area contributed by atoms with Gasteiger partial charge in [-0.25, -0.2) is 4.39 Å². The lowest BCUT2D eigenvalue weighted by atomic mass is 9.96. The highest BCUT2D eigenvalue weighted by Gasteiger charge is 2.44. The maximum absolute atomic E-state index is 13.1. The molecule has 1 aliphatic rings. The molecule has 0 spiro atoms. The second-order valence-electron chi connectivity index (χ2n) is 6.35. The van der Waals surface area contributed by atoms with Crippen LogP contribution >= 0.6 is 0 Å². The molecule has 3 rings (SSSR count). The summed E-state index contributed by atoms with van der Waals surface area (Å²) >= 11 is 0. The van der Waals surface area contributed by atoms with Crippen LogP contribution in [0.4, 0.5) is 10.1 Å². The Morgan fingerprint density at radius 3 is 2.42 bits per heavy atom. The van der Waals surface area contributed by atoms with Crippen molar-refractivity contribution in [2.24, 2.45) is 0 Å². The average Bonchev–Trinajstić information content (AvgIpc) is 3.43. The van der Waals surface area contributed by atoms with Crippen molar-refractivity contribution in [3.8, 4) is 5.75 Å². The predicted molar refractivity (Wildman–Crippen MR) is 96.6 cm³/mol. The van der Waals surface area contributed by atoms with Crippen molar-refractivity contribution in [1.29, 1.82) is 0 Å². The Morgan fingerprint density at radius 1 is 1.08 bits per heavy atom. The molecular formula is C20H21FN2O3. The zero-order valence-electron chi connectivity index (χ0n) is 14.5. The first-order valence-corrected chi connectivity index (χ1v) is 8.61. The van der Waals surface area contributed by atoms with E-state index in [0.29, 0.717) is 24.6 Å². The van der Waals surface area contributed by atoms with Crippen molar-refractivity contribution in [3.63, 3.8) is 0 Å². The van der Waals surface area contributed by atoms with Crippen molar-refractivity contribution >= 4 is 17.5 Å². The van der Waals surface area contributed by atoms with Crippen LogP contribution in [0, 0.1) is 5.82 Å². The molecule has 2 aromatic rings. The van der Waals surface area contributed by atoms with Gasteiger partial charge in [-0.1, -0.05) is 24.3 Å². The summed E-state index contributed by atoms with van der Waals surface area (Å²) in [5, 5.41) is 5.26. The van der Waals surface area contributed by atoms with Crippen LogP contribution in [0.25, 0.3) is 0 Å². The minimum Gasteiger partial charge on any atom is -0.492 e. The van der Waals surface area contributed by atoms with Crippen LogP contribution in [0.15, 0.2) is 48.5 Å². The van der Waals surface area contributed by atoms with Gasteiger partial charge in [0.15, 0.2) is 0 Å². The number of nitrogens with one attached hydrogen (secondary N) is 2. The monoisotopic (exact) mass is 356 g/mol. The van der Waals surface area contributed by atoms with E-state index in [-0.39, 0.29) is 11.2 Å². The number of amides is 2. The van der Waals surface area contributed by atoms with E-state index in [0.717, 1.165) is 18.4 Å². The normalized spacial score (nSPS) is 14.4. The molecule has 0 unspecified atom stereocenters. The van der Waals surface area contributed by atoms with E-state index in [1.54, 1.807) is 36.4 Å². The largest absolute Gasteiger partial charge is 0.492 e. The molecule has 0 heterocycles. The van der Waals surface area contributed by atoms with Crippen LogP contribution < -0.4 is 15.4 Å². The number of halogens is 1. The van der Waals surface area contributed by atoms with E-state index in [2.05, 4.69) is 10.6 Å². The van der Waals surface area contributed by atoms with Crippen molar-refractivity contribution in [2.45, 2.75) is 25.2 Å². The van der Waals surface area contributed by atoms with Crippen molar-refractivity contribution < 1.29 is 18.7 Å². The quantitative estimate of drug-likeness (QED) is 0.782. The molecule has 5 nitrogen and oxygen atoms in total. The van der Waals surface area contributed by atoms with Gasteiger partial charge in [0.2, 0.25) is 0 Å². The molecule has 2 N–H and O–H groups in total. The Morgan fingerprint density at radius 2 is 1.77 bits per heavy atom. The van der Waals surface area contributed by atoms with E-state index in [4.69, 9.17) is 4.74 Å². The number of rotatable bonds is 6. The smallest absolute Gasteiger partial charge is 0.313 e. The van der Waals surface area contributed by atoms with Crippen LogP contribution in [-0.2, 0) is 15.0 Å². The number of hydrogen-bond donors (Lipinski definition) is 2. The third-order valence-corrected chi connectivity index (χ3v) is 4.54. The molecule has 2 aromatic carbocycles. The van der Waals surface area contributed by atoms with Crippen LogP contribution in [0.1, 0.15) is 25.3 Å². The second-order valence-corrected chi connectivity index (χ2v) is 6.35. The van der Waals surface area contributed by atoms with E-state index in [1.165, 1.54) is 12.1 Å². The summed E-state index contributed by atoms with van der Waals surface area (Å²) in [7, 11) is 0. The van der Waals surface area contributed by atoms with Crippen LogP contribution in [0.3, 0.4) is 0 Å². The highest BCUT2D eigenvalue weighted by molar-refractivity contribution is 6.39. The molecule has 0 aromatic heterocycles. The van der Waals surface area contributed by atoms with Crippen LogP contribution in [-0.4, -0.2) is 25.0 Å². The number of ether oxygens (including phenoxy) is 1. The molecule has 2 amide bonds. The highest BCUT2D eigenvalue weighted by Crippen LogP contribution is 2.47. The van der Waals surface area contributed by atoms with Gasteiger partial charge in [0.1, 0.15) is 11.6 Å². The number of anilines is 1. The van der Waals surface area contributed by atoms with Gasteiger partial charge in [-0.2, -0.15) is 0 Å². The average molecular weight is 356 g/mol. The number of hydrogen-bond acceptors (Lipinski definition) is 3. The van der Waals surface area contributed by atoms with Gasteiger partial charge in [-0.05, 0) is 49.6 Å². The van der Waals surface area contributed by atoms with Gasteiger partial charge in [0.25, 0.3) is 0 Å². The van der Waals surface area contributed by atoms with Crippen molar-refractivity contribution in [3.05, 3.63) is 59.9 Å². The van der Waals surface area contributed by atoms with Crippen molar-refractivity contribution in [2.75, 3.05) is 18.5 Å². The van der Waals surface area contributed by atoms with Gasteiger partial charge in [0.05, 0.1) is 12.3 Å². The fourth-order valence-electron chi connectivity index (χ4n) is 2.88. The Hall–Kier alpha value is -2.89. The first-order valence-electron chi connectivity index (χ1n) is 8.61. The zero-order valence-corrected chi connectivity index (χ0v) is 14.5. The van der Waals surface area contributed by atoms with E-state index < -0.39 is 11.8 Å². The number of carbonyl (C=O) groups excluding carboxylic acids is 2. The molecule has 0 atom stereocenters. The number of carbonyl (C=O) groups is 2. The Kier molecular flexibility index (Phi) is 5.21. The third-order valence-electron chi connectivity index (χ3n) is 4.54. The van der Waals surface area contributed by atoms with Crippen LogP contribution in [0.2, 0.25) is 0 Å². The molecule has 0 saturated heterocycles. The van der Waals surface area contributed by atoms with Crippen molar-refractivity contribution in [1.82, 2.24) is 5.32 Å². The lowest BCUT2D eigenvalue weighted by Gasteiger charge is -2.17. The SMILES string of the molecule is CCOc1ccccc1NC(=O)C(=O)NCC1(c2ccc(F)cc2)CC1. The molecule has 0 bridgehead atoms. The van der Waals surface area contributed by atoms with E-state index in [9.17, 15) is 14.0 Å². The number of para-hydroxylation sites is 2. The fourth-order valence-corrected chi connectivity index (χ4v) is 2.88. The molecule has 0 radical (unpaired) electrons. The standard InChI is InChI=1S/C20H21FN2O3/c1-2-26-17-6-4-3-5-16(17)23-19(25)18(24)22-13-20(11-12-20)14-7-9-15(21)10-8-14/h3-10H,2,11-13H2,1H3,(H,22,24)(H,23,25).